The van der Waals surface area contributed by atoms with Gasteiger partial charge in [0.2, 0.25) is 0 Å². The van der Waals surface area contributed by atoms with E-state index in [2.05, 4.69) is 17.2 Å². The summed E-state index contributed by atoms with van der Waals surface area (Å²) in [7, 11) is 0. The predicted molar refractivity (Wildman–Crippen MR) is 76.2 cm³/mol. The number of hydrogen-bond acceptors (Lipinski definition) is 4. The first-order valence-corrected chi connectivity index (χ1v) is 7.46. The third kappa shape index (κ3) is 2.96. The van der Waals surface area contributed by atoms with Gasteiger partial charge in [0.25, 0.3) is 5.91 Å². The van der Waals surface area contributed by atoms with Gasteiger partial charge < -0.3 is 10.2 Å². The van der Waals surface area contributed by atoms with Crippen LogP contribution in [0.4, 0.5) is 5.69 Å². The number of anilines is 1. The number of amides is 1. The number of nitrogens with one attached hydrogen (secondary N) is 1. The van der Waals surface area contributed by atoms with E-state index in [1.54, 1.807) is 12.3 Å². The molecule has 1 aliphatic rings. The lowest BCUT2D eigenvalue weighted by Gasteiger charge is -2.32. The van der Waals surface area contributed by atoms with E-state index in [0.29, 0.717) is 11.7 Å². The average Bonchev–Trinajstić information content (AvgIpc) is 2.40. The summed E-state index contributed by atoms with van der Waals surface area (Å²) < 4.78 is 0. The van der Waals surface area contributed by atoms with Crippen molar-refractivity contribution in [3.05, 3.63) is 24.0 Å². The van der Waals surface area contributed by atoms with Crippen molar-refractivity contribution >= 4 is 23.4 Å². The molecule has 1 atom stereocenters. The number of thioether (sulfide) groups is 1. The summed E-state index contributed by atoms with van der Waals surface area (Å²) in [6.07, 6.45) is 1.72. The van der Waals surface area contributed by atoms with Gasteiger partial charge in [0.1, 0.15) is 5.69 Å². The Labute approximate surface area is 112 Å². The van der Waals surface area contributed by atoms with Crippen LogP contribution in [-0.4, -0.2) is 46.4 Å². The van der Waals surface area contributed by atoms with E-state index in [4.69, 9.17) is 0 Å². The van der Waals surface area contributed by atoms with Gasteiger partial charge in [-0.25, -0.2) is 4.98 Å². The van der Waals surface area contributed by atoms with E-state index >= 15 is 0 Å². The quantitative estimate of drug-likeness (QED) is 0.909. The first-order chi connectivity index (χ1) is 8.72. The molecule has 5 heteroatoms. The third-order valence-electron chi connectivity index (χ3n) is 2.99. The molecule has 0 saturated carbocycles. The fraction of sp³-hybridized carbons (Fsp3) is 0.538. The highest BCUT2D eigenvalue weighted by Gasteiger charge is 2.25. The van der Waals surface area contributed by atoms with E-state index in [0.717, 1.165) is 30.3 Å². The highest BCUT2D eigenvalue weighted by Crippen LogP contribution is 2.18. The van der Waals surface area contributed by atoms with Crippen molar-refractivity contribution in [3.8, 4) is 0 Å². The van der Waals surface area contributed by atoms with Crippen LogP contribution in [0.2, 0.25) is 0 Å². The predicted octanol–water partition coefficient (Wildman–Crippen LogP) is 2.09. The summed E-state index contributed by atoms with van der Waals surface area (Å²) in [5.74, 6) is 2.08. The SMILES string of the molecule is CCNc1ccc(C(=O)N2CCSCC2C)nc1. The van der Waals surface area contributed by atoms with Crippen LogP contribution in [-0.2, 0) is 0 Å². The average molecular weight is 265 g/mol. The molecule has 1 aromatic heterocycles. The molecule has 0 aromatic carbocycles. The van der Waals surface area contributed by atoms with Crippen molar-refractivity contribution in [2.45, 2.75) is 19.9 Å². The monoisotopic (exact) mass is 265 g/mol. The van der Waals surface area contributed by atoms with Crippen LogP contribution in [0.5, 0.6) is 0 Å². The van der Waals surface area contributed by atoms with Crippen molar-refractivity contribution in [3.63, 3.8) is 0 Å². The fourth-order valence-corrected chi connectivity index (χ4v) is 3.02. The van der Waals surface area contributed by atoms with Gasteiger partial charge in [-0.3, -0.25) is 4.79 Å². The van der Waals surface area contributed by atoms with Crippen molar-refractivity contribution in [1.82, 2.24) is 9.88 Å². The van der Waals surface area contributed by atoms with Crippen LogP contribution in [0.1, 0.15) is 24.3 Å². The topological polar surface area (TPSA) is 45.2 Å². The van der Waals surface area contributed by atoms with Gasteiger partial charge >= 0.3 is 0 Å². The van der Waals surface area contributed by atoms with E-state index in [1.165, 1.54) is 0 Å². The number of carbonyl (C=O) groups excluding carboxylic acids is 1. The maximum Gasteiger partial charge on any atom is 0.272 e. The minimum Gasteiger partial charge on any atom is -0.384 e. The molecule has 4 nitrogen and oxygen atoms in total. The second kappa shape index (κ2) is 6.09. The smallest absolute Gasteiger partial charge is 0.272 e. The molecule has 0 aliphatic carbocycles. The van der Waals surface area contributed by atoms with Gasteiger partial charge in [0.05, 0.1) is 11.9 Å². The summed E-state index contributed by atoms with van der Waals surface area (Å²) in [6.45, 7) is 5.81. The van der Waals surface area contributed by atoms with E-state index in [9.17, 15) is 4.79 Å². The zero-order valence-corrected chi connectivity index (χ0v) is 11.7. The number of nitrogens with zero attached hydrogens (tertiary/aromatic N) is 2. The minimum absolute atomic E-state index is 0.0471. The largest absolute Gasteiger partial charge is 0.384 e. The van der Waals surface area contributed by atoms with Gasteiger partial charge in [-0.15, -0.1) is 0 Å². The standard InChI is InChI=1S/C13H19N3OS/c1-3-14-11-4-5-12(15-8-11)13(17)16-6-7-18-9-10(16)2/h4-5,8,10,14H,3,6-7,9H2,1-2H3. The summed E-state index contributed by atoms with van der Waals surface area (Å²) in [5, 5.41) is 3.17. The van der Waals surface area contributed by atoms with Crippen LogP contribution in [0, 0.1) is 0 Å². The molecule has 1 aliphatic heterocycles. The second-order valence-electron chi connectivity index (χ2n) is 4.38. The molecule has 1 fully saturated rings. The Morgan fingerprint density at radius 2 is 2.44 bits per heavy atom. The molecule has 18 heavy (non-hydrogen) atoms. The Balaban J connectivity index is 2.08. The second-order valence-corrected chi connectivity index (χ2v) is 5.53. The van der Waals surface area contributed by atoms with Crippen LogP contribution in [0.15, 0.2) is 18.3 Å². The Morgan fingerprint density at radius 1 is 1.61 bits per heavy atom. The van der Waals surface area contributed by atoms with E-state index in [-0.39, 0.29) is 5.91 Å². The van der Waals surface area contributed by atoms with Gasteiger partial charge in [-0.2, -0.15) is 11.8 Å². The van der Waals surface area contributed by atoms with Gasteiger partial charge in [-0.1, -0.05) is 0 Å². The number of aromatic nitrogens is 1. The van der Waals surface area contributed by atoms with Crippen molar-refractivity contribution < 1.29 is 4.79 Å². The summed E-state index contributed by atoms with van der Waals surface area (Å²) in [4.78, 5) is 18.5. The first-order valence-electron chi connectivity index (χ1n) is 6.31. The Kier molecular flexibility index (Phi) is 4.47. The molecule has 1 N–H and O–H groups in total. The molecule has 0 radical (unpaired) electrons. The van der Waals surface area contributed by atoms with E-state index < -0.39 is 0 Å². The minimum atomic E-state index is 0.0471. The van der Waals surface area contributed by atoms with E-state index in [1.807, 2.05) is 29.7 Å². The molecule has 1 amide bonds. The molecular weight excluding hydrogens is 246 g/mol. The number of pyridine rings is 1. The molecular formula is C13H19N3OS. The van der Waals surface area contributed by atoms with Crippen LogP contribution >= 0.6 is 11.8 Å². The van der Waals surface area contributed by atoms with Crippen molar-refractivity contribution in [2.75, 3.05) is 29.9 Å². The van der Waals surface area contributed by atoms with Crippen LogP contribution in [0.25, 0.3) is 0 Å². The molecule has 2 heterocycles. The molecule has 1 unspecified atom stereocenters. The van der Waals surface area contributed by atoms with Gasteiger partial charge in [0.15, 0.2) is 0 Å². The third-order valence-corrected chi connectivity index (χ3v) is 4.18. The number of rotatable bonds is 3. The Bertz CT molecular complexity index is 407. The molecule has 0 bridgehead atoms. The zero-order chi connectivity index (χ0) is 13.0. The molecule has 98 valence electrons. The maximum absolute atomic E-state index is 12.3. The zero-order valence-electron chi connectivity index (χ0n) is 10.8. The van der Waals surface area contributed by atoms with Crippen LogP contribution < -0.4 is 5.32 Å². The Hall–Kier alpha value is -1.23. The highest BCUT2D eigenvalue weighted by molar-refractivity contribution is 7.99. The molecule has 0 spiro atoms. The number of carbonyl (C=O) groups is 1. The number of hydrogen-bond donors (Lipinski definition) is 1. The highest BCUT2D eigenvalue weighted by atomic mass is 32.2. The fourth-order valence-electron chi connectivity index (χ4n) is 2.01. The van der Waals surface area contributed by atoms with Gasteiger partial charge in [0, 0.05) is 30.6 Å². The molecule has 1 saturated heterocycles. The lowest BCUT2D eigenvalue weighted by molar-refractivity contribution is 0.0710. The van der Waals surface area contributed by atoms with Crippen molar-refractivity contribution in [2.24, 2.45) is 0 Å². The molecule has 1 aromatic rings. The van der Waals surface area contributed by atoms with Gasteiger partial charge in [-0.05, 0) is 26.0 Å². The Morgan fingerprint density at radius 3 is 3.06 bits per heavy atom. The van der Waals surface area contributed by atoms with Crippen LogP contribution in [0.3, 0.4) is 0 Å². The normalized spacial score (nSPS) is 19.7. The molecule has 2 rings (SSSR count). The summed E-state index contributed by atoms with van der Waals surface area (Å²) in [5.41, 5.74) is 1.49. The lowest BCUT2D eigenvalue weighted by atomic mass is 10.2. The summed E-state index contributed by atoms with van der Waals surface area (Å²) in [6, 6.07) is 4.01. The maximum atomic E-state index is 12.3. The first kappa shape index (κ1) is 13.2. The lowest BCUT2D eigenvalue weighted by Crippen LogP contribution is -2.44. The van der Waals surface area contributed by atoms with Crippen molar-refractivity contribution in [1.29, 1.82) is 0 Å². The summed E-state index contributed by atoms with van der Waals surface area (Å²) >= 11 is 1.90.